The van der Waals surface area contributed by atoms with Crippen molar-refractivity contribution >= 4 is 29.7 Å². The molecule has 0 radical (unpaired) electrons. The quantitative estimate of drug-likeness (QED) is 0.612. The summed E-state index contributed by atoms with van der Waals surface area (Å²) in [5.41, 5.74) is -0.138. The summed E-state index contributed by atoms with van der Waals surface area (Å²) < 4.78 is 9.35. The maximum atomic E-state index is 10.5. The van der Waals surface area contributed by atoms with Crippen molar-refractivity contribution in [3.05, 3.63) is 29.8 Å². The first-order chi connectivity index (χ1) is 8.05. The van der Waals surface area contributed by atoms with E-state index in [0.717, 1.165) is 11.3 Å². The van der Waals surface area contributed by atoms with Crippen LogP contribution in [0.5, 0.6) is 5.75 Å². The summed E-state index contributed by atoms with van der Waals surface area (Å²) in [5.74, 6) is 0.757. The number of hydrogen-bond acceptors (Lipinski definition) is 3. The number of halogens is 2. The van der Waals surface area contributed by atoms with Gasteiger partial charge in [-0.05, 0) is 24.6 Å². The number of alkyl halides is 2. The summed E-state index contributed by atoms with van der Waals surface area (Å²) in [6.07, 6.45) is 0.399. The SMILES string of the molecule is CCOc1ccc([C@@]2(OC=O)CC2(Cl)Cl)cc1. The third kappa shape index (κ3) is 2.09. The zero-order chi connectivity index (χ0) is 12.5. The largest absolute Gasteiger partial charge is 0.494 e. The molecule has 1 aromatic rings. The molecule has 0 unspecified atom stereocenters. The molecule has 2 rings (SSSR count). The summed E-state index contributed by atoms with van der Waals surface area (Å²) in [6.45, 7) is 2.89. The normalized spacial score (nSPS) is 25.1. The standard InChI is InChI=1S/C12H12Cl2O3/c1-2-16-10-5-3-9(4-6-10)11(17-8-15)7-12(11,13)14/h3-6,8H,2,7H2,1H3/t11-/m0/s1. The maximum Gasteiger partial charge on any atom is 0.294 e. The number of benzene rings is 1. The first kappa shape index (κ1) is 12.5. The van der Waals surface area contributed by atoms with Crippen LogP contribution >= 0.6 is 23.2 Å². The Morgan fingerprint density at radius 1 is 1.35 bits per heavy atom. The van der Waals surface area contributed by atoms with Crippen molar-refractivity contribution in [2.24, 2.45) is 0 Å². The molecule has 0 aromatic heterocycles. The fourth-order valence-corrected chi connectivity index (χ4v) is 2.53. The molecule has 1 aliphatic carbocycles. The van der Waals surface area contributed by atoms with Crippen molar-refractivity contribution in [1.29, 1.82) is 0 Å². The fraction of sp³-hybridized carbons (Fsp3) is 0.417. The molecule has 0 N–H and O–H groups in total. The molecule has 1 fully saturated rings. The lowest BCUT2D eigenvalue weighted by molar-refractivity contribution is -0.136. The molecule has 1 atom stereocenters. The Morgan fingerprint density at radius 2 is 1.94 bits per heavy atom. The Hall–Kier alpha value is -0.930. The van der Waals surface area contributed by atoms with Crippen LogP contribution in [0.4, 0.5) is 0 Å². The van der Waals surface area contributed by atoms with E-state index < -0.39 is 9.93 Å². The highest BCUT2D eigenvalue weighted by atomic mass is 35.5. The van der Waals surface area contributed by atoms with Gasteiger partial charge in [0.05, 0.1) is 6.61 Å². The van der Waals surface area contributed by atoms with Gasteiger partial charge in [-0.3, -0.25) is 4.79 Å². The highest BCUT2D eigenvalue weighted by Gasteiger charge is 2.70. The molecule has 17 heavy (non-hydrogen) atoms. The first-order valence-electron chi connectivity index (χ1n) is 5.28. The molecule has 1 aromatic carbocycles. The molecule has 0 spiro atoms. The molecule has 0 amide bonds. The zero-order valence-electron chi connectivity index (χ0n) is 9.28. The maximum absolute atomic E-state index is 10.5. The molecule has 0 bridgehead atoms. The van der Waals surface area contributed by atoms with E-state index in [2.05, 4.69) is 0 Å². The number of hydrogen-bond donors (Lipinski definition) is 0. The Balaban J connectivity index is 2.24. The van der Waals surface area contributed by atoms with Gasteiger partial charge in [-0.2, -0.15) is 0 Å². The van der Waals surface area contributed by atoms with Gasteiger partial charge in [-0.25, -0.2) is 0 Å². The lowest BCUT2D eigenvalue weighted by Crippen LogP contribution is -2.18. The molecular formula is C12H12Cl2O3. The highest BCUT2D eigenvalue weighted by molar-refractivity contribution is 6.52. The molecule has 1 aliphatic rings. The Kier molecular flexibility index (Phi) is 3.23. The van der Waals surface area contributed by atoms with Gasteiger partial charge in [-0.1, -0.05) is 35.3 Å². The van der Waals surface area contributed by atoms with Crippen LogP contribution in [0.25, 0.3) is 0 Å². The monoisotopic (exact) mass is 274 g/mol. The van der Waals surface area contributed by atoms with Gasteiger partial charge < -0.3 is 9.47 Å². The molecule has 5 heteroatoms. The van der Waals surface area contributed by atoms with Crippen molar-refractivity contribution in [2.75, 3.05) is 6.61 Å². The van der Waals surface area contributed by atoms with Gasteiger partial charge in [-0.15, -0.1) is 0 Å². The van der Waals surface area contributed by atoms with E-state index in [1.807, 2.05) is 6.92 Å². The first-order valence-corrected chi connectivity index (χ1v) is 6.04. The zero-order valence-corrected chi connectivity index (χ0v) is 10.8. The van der Waals surface area contributed by atoms with Gasteiger partial charge in [0, 0.05) is 6.42 Å². The van der Waals surface area contributed by atoms with Gasteiger partial charge in [0.1, 0.15) is 5.75 Å². The lowest BCUT2D eigenvalue weighted by Gasteiger charge is -2.17. The molecular weight excluding hydrogens is 263 g/mol. The third-order valence-corrected chi connectivity index (χ3v) is 3.70. The minimum atomic E-state index is -1.04. The predicted molar refractivity (Wildman–Crippen MR) is 65.5 cm³/mol. The van der Waals surface area contributed by atoms with Gasteiger partial charge in [0.25, 0.3) is 6.47 Å². The van der Waals surface area contributed by atoms with Crippen LogP contribution in [-0.2, 0) is 15.1 Å². The molecule has 0 saturated heterocycles. The van der Waals surface area contributed by atoms with E-state index in [1.165, 1.54) is 0 Å². The van der Waals surface area contributed by atoms with Crippen molar-refractivity contribution in [2.45, 2.75) is 23.3 Å². The van der Waals surface area contributed by atoms with Crippen molar-refractivity contribution in [3.8, 4) is 5.75 Å². The second kappa shape index (κ2) is 4.39. The highest BCUT2D eigenvalue weighted by Crippen LogP contribution is 2.65. The van der Waals surface area contributed by atoms with Gasteiger partial charge in [0.2, 0.25) is 0 Å². The number of ether oxygens (including phenoxy) is 2. The van der Waals surface area contributed by atoms with Crippen LogP contribution in [0.2, 0.25) is 0 Å². The van der Waals surface area contributed by atoms with E-state index in [9.17, 15) is 4.79 Å². The van der Waals surface area contributed by atoms with Crippen LogP contribution in [-0.4, -0.2) is 17.4 Å². The third-order valence-electron chi connectivity index (χ3n) is 2.82. The van der Waals surface area contributed by atoms with E-state index >= 15 is 0 Å². The second-order valence-electron chi connectivity index (χ2n) is 3.88. The number of carbonyl (C=O) groups excluding carboxylic acids is 1. The average molecular weight is 275 g/mol. The van der Waals surface area contributed by atoms with Crippen molar-refractivity contribution < 1.29 is 14.3 Å². The summed E-state index contributed by atoms with van der Waals surface area (Å²) in [6, 6.07) is 7.22. The van der Waals surface area contributed by atoms with Gasteiger partial charge >= 0.3 is 0 Å². The van der Waals surface area contributed by atoms with E-state index in [-0.39, 0.29) is 0 Å². The predicted octanol–water partition coefficient (Wildman–Crippen LogP) is 3.03. The van der Waals surface area contributed by atoms with Crippen LogP contribution < -0.4 is 4.74 Å². The minimum absolute atomic E-state index is 0.378. The smallest absolute Gasteiger partial charge is 0.294 e. The molecule has 0 heterocycles. The number of carbonyl (C=O) groups is 1. The minimum Gasteiger partial charge on any atom is -0.494 e. The summed E-state index contributed by atoms with van der Waals surface area (Å²) in [7, 11) is 0. The van der Waals surface area contributed by atoms with E-state index in [1.54, 1.807) is 24.3 Å². The van der Waals surface area contributed by atoms with Crippen molar-refractivity contribution in [3.63, 3.8) is 0 Å². The Bertz CT molecular complexity index is 416. The average Bonchev–Trinajstić information content (AvgIpc) is 2.84. The van der Waals surface area contributed by atoms with Crippen LogP contribution in [0.15, 0.2) is 24.3 Å². The van der Waals surface area contributed by atoms with E-state index in [0.29, 0.717) is 19.5 Å². The van der Waals surface area contributed by atoms with Crippen molar-refractivity contribution in [1.82, 2.24) is 0 Å². The van der Waals surface area contributed by atoms with Crippen LogP contribution in [0, 0.1) is 0 Å². The fourth-order valence-electron chi connectivity index (χ4n) is 1.85. The van der Waals surface area contributed by atoms with Gasteiger partial charge in [0.15, 0.2) is 9.93 Å². The molecule has 1 saturated carbocycles. The summed E-state index contributed by atoms with van der Waals surface area (Å²) in [4.78, 5) is 10.5. The molecule has 0 aliphatic heterocycles. The lowest BCUT2D eigenvalue weighted by atomic mass is 10.1. The Morgan fingerprint density at radius 3 is 2.35 bits per heavy atom. The second-order valence-corrected chi connectivity index (χ2v) is 5.36. The topological polar surface area (TPSA) is 35.5 Å². The van der Waals surface area contributed by atoms with Crippen LogP contribution in [0.1, 0.15) is 18.9 Å². The molecule has 92 valence electrons. The number of rotatable bonds is 5. The summed E-state index contributed by atoms with van der Waals surface area (Å²) >= 11 is 12.1. The van der Waals surface area contributed by atoms with E-state index in [4.69, 9.17) is 32.7 Å². The molecule has 3 nitrogen and oxygen atoms in total. The Labute approximate surface area is 110 Å². The summed E-state index contributed by atoms with van der Waals surface area (Å²) in [5, 5.41) is 0. The van der Waals surface area contributed by atoms with Crippen LogP contribution in [0.3, 0.4) is 0 Å².